The van der Waals surface area contributed by atoms with Crippen molar-refractivity contribution < 1.29 is 5.11 Å². The van der Waals surface area contributed by atoms with E-state index >= 15 is 0 Å². The van der Waals surface area contributed by atoms with Crippen LogP contribution in [0.5, 0.6) is 0 Å². The Kier molecular flexibility index (Phi) is 4.46. The van der Waals surface area contributed by atoms with Crippen molar-refractivity contribution in [2.75, 3.05) is 0 Å². The van der Waals surface area contributed by atoms with Gasteiger partial charge in [-0.3, -0.25) is 0 Å². The third-order valence-corrected chi connectivity index (χ3v) is 1.07. The van der Waals surface area contributed by atoms with Crippen LogP contribution < -0.4 is 0 Å². The minimum absolute atomic E-state index is 0.185. The van der Waals surface area contributed by atoms with E-state index in [-0.39, 0.29) is 5.92 Å². The summed E-state index contributed by atoms with van der Waals surface area (Å²) in [5.74, 6) is 7.89. The van der Waals surface area contributed by atoms with Gasteiger partial charge < -0.3 is 5.11 Å². The molecule has 0 aliphatic heterocycles. The SMILES string of the molecule is C#CCC#CC(O)C(C)C. The van der Waals surface area contributed by atoms with E-state index in [1.165, 1.54) is 0 Å². The molecule has 0 saturated carbocycles. The van der Waals surface area contributed by atoms with Gasteiger partial charge in [0.1, 0.15) is 6.10 Å². The number of hydrogen-bond acceptors (Lipinski definition) is 1. The standard InChI is InChI=1S/C9H12O/c1-4-5-6-7-9(10)8(2)3/h1,8-10H,5H2,2-3H3. The third kappa shape index (κ3) is 4.01. The zero-order chi connectivity index (χ0) is 7.98. The van der Waals surface area contributed by atoms with Crippen LogP contribution in [0.4, 0.5) is 0 Å². The molecule has 54 valence electrons. The highest BCUT2D eigenvalue weighted by Crippen LogP contribution is 1.97. The summed E-state index contributed by atoms with van der Waals surface area (Å²) in [7, 11) is 0. The van der Waals surface area contributed by atoms with E-state index in [1.54, 1.807) is 0 Å². The average molecular weight is 136 g/mol. The van der Waals surface area contributed by atoms with E-state index in [0.717, 1.165) is 0 Å². The van der Waals surface area contributed by atoms with Crippen LogP contribution in [-0.4, -0.2) is 11.2 Å². The predicted molar refractivity (Wildman–Crippen MR) is 42.1 cm³/mol. The van der Waals surface area contributed by atoms with Gasteiger partial charge in [-0.15, -0.1) is 6.42 Å². The molecule has 0 rings (SSSR count). The van der Waals surface area contributed by atoms with Crippen molar-refractivity contribution >= 4 is 0 Å². The van der Waals surface area contributed by atoms with Crippen molar-refractivity contribution in [3.8, 4) is 24.2 Å². The van der Waals surface area contributed by atoms with Gasteiger partial charge in [-0.1, -0.05) is 31.6 Å². The number of terminal acetylenes is 1. The molecular weight excluding hydrogens is 124 g/mol. The van der Waals surface area contributed by atoms with Gasteiger partial charge in [0.05, 0.1) is 6.42 Å². The Balaban J connectivity index is 3.71. The Labute approximate surface area is 62.5 Å². The first-order valence-corrected chi connectivity index (χ1v) is 3.28. The summed E-state index contributed by atoms with van der Waals surface area (Å²) in [5, 5.41) is 9.11. The van der Waals surface area contributed by atoms with Gasteiger partial charge in [-0.05, 0) is 5.92 Å². The van der Waals surface area contributed by atoms with E-state index in [2.05, 4.69) is 17.8 Å². The molecule has 1 nitrogen and oxygen atoms in total. The van der Waals surface area contributed by atoms with Crippen LogP contribution in [0.25, 0.3) is 0 Å². The summed E-state index contributed by atoms with van der Waals surface area (Å²) in [5.41, 5.74) is 0. The van der Waals surface area contributed by atoms with Gasteiger partial charge in [0.25, 0.3) is 0 Å². The number of aliphatic hydroxyl groups is 1. The van der Waals surface area contributed by atoms with Gasteiger partial charge in [-0.2, -0.15) is 0 Å². The first kappa shape index (κ1) is 9.08. The molecule has 10 heavy (non-hydrogen) atoms. The van der Waals surface area contributed by atoms with Gasteiger partial charge in [0.2, 0.25) is 0 Å². The van der Waals surface area contributed by atoms with Crippen LogP contribution in [0.2, 0.25) is 0 Å². The normalized spacial score (nSPS) is 11.5. The molecule has 0 heterocycles. The highest BCUT2D eigenvalue weighted by Gasteiger charge is 2.02. The number of rotatable bonds is 1. The summed E-state index contributed by atoms with van der Waals surface area (Å²) in [6.45, 7) is 3.82. The maximum Gasteiger partial charge on any atom is 0.117 e. The molecule has 0 spiro atoms. The first-order valence-electron chi connectivity index (χ1n) is 3.28. The molecular formula is C9H12O. The minimum atomic E-state index is -0.534. The number of aliphatic hydroxyl groups excluding tert-OH is 1. The molecule has 0 aliphatic carbocycles. The lowest BCUT2D eigenvalue weighted by atomic mass is 10.1. The summed E-state index contributed by atoms with van der Waals surface area (Å²) >= 11 is 0. The summed E-state index contributed by atoms with van der Waals surface area (Å²) < 4.78 is 0. The first-order chi connectivity index (χ1) is 4.68. The highest BCUT2D eigenvalue weighted by atomic mass is 16.3. The molecule has 0 aromatic rings. The summed E-state index contributed by atoms with van der Waals surface area (Å²) in [4.78, 5) is 0. The molecule has 0 aromatic carbocycles. The Morgan fingerprint density at radius 3 is 2.50 bits per heavy atom. The lowest BCUT2D eigenvalue weighted by Gasteiger charge is -2.04. The lowest BCUT2D eigenvalue weighted by molar-refractivity contribution is 0.181. The van der Waals surface area contributed by atoms with Crippen LogP contribution in [0.3, 0.4) is 0 Å². The fourth-order valence-corrected chi connectivity index (χ4v) is 0.373. The van der Waals surface area contributed by atoms with E-state index in [9.17, 15) is 0 Å². The average Bonchev–Trinajstić information content (AvgIpc) is 1.88. The van der Waals surface area contributed by atoms with Gasteiger partial charge >= 0.3 is 0 Å². The molecule has 0 fully saturated rings. The number of hydrogen-bond donors (Lipinski definition) is 1. The summed E-state index contributed by atoms with van der Waals surface area (Å²) in [6.07, 6.45) is 4.84. The monoisotopic (exact) mass is 136 g/mol. The Morgan fingerprint density at radius 1 is 1.50 bits per heavy atom. The van der Waals surface area contributed by atoms with Gasteiger partial charge in [-0.25, -0.2) is 0 Å². The van der Waals surface area contributed by atoms with Crippen molar-refractivity contribution in [1.82, 2.24) is 0 Å². The van der Waals surface area contributed by atoms with Crippen LogP contribution in [0.1, 0.15) is 20.3 Å². The van der Waals surface area contributed by atoms with E-state index in [1.807, 2.05) is 13.8 Å². The molecule has 1 heteroatoms. The summed E-state index contributed by atoms with van der Waals surface area (Å²) in [6, 6.07) is 0. The molecule has 1 N–H and O–H groups in total. The largest absolute Gasteiger partial charge is 0.380 e. The fraction of sp³-hybridized carbons (Fsp3) is 0.556. The Hall–Kier alpha value is -0.920. The van der Waals surface area contributed by atoms with Crippen LogP contribution in [0, 0.1) is 30.1 Å². The molecule has 0 amide bonds. The molecule has 1 atom stereocenters. The topological polar surface area (TPSA) is 20.2 Å². The third-order valence-electron chi connectivity index (χ3n) is 1.07. The maximum atomic E-state index is 9.11. The van der Waals surface area contributed by atoms with Crippen LogP contribution in [0.15, 0.2) is 0 Å². The Bertz CT molecular complexity index is 175. The second-order valence-electron chi connectivity index (χ2n) is 2.39. The van der Waals surface area contributed by atoms with E-state index in [0.29, 0.717) is 6.42 Å². The Morgan fingerprint density at radius 2 is 2.10 bits per heavy atom. The van der Waals surface area contributed by atoms with Crippen molar-refractivity contribution in [3.63, 3.8) is 0 Å². The van der Waals surface area contributed by atoms with Crippen molar-refractivity contribution in [3.05, 3.63) is 0 Å². The van der Waals surface area contributed by atoms with Crippen molar-refractivity contribution in [1.29, 1.82) is 0 Å². The van der Waals surface area contributed by atoms with Gasteiger partial charge in [0, 0.05) is 0 Å². The molecule has 0 aromatic heterocycles. The lowest BCUT2D eigenvalue weighted by Crippen LogP contribution is -2.11. The second kappa shape index (κ2) is 4.91. The smallest absolute Gasteiger partial charge is 0.117 e. The molecule has 0 saturated heterocycles. The zero-order valence-corrected chi connectivity index (χ0v) is 6.39. The van der Waals surface area contributed by atoms with Gasteiger partial charge in [0.15, 0.2) is 0 Å². The van der Waals surface area contributed by atoms with Crippen molar-refractivity contribution in [2.24, 2.45) is 5.92 Å². The second-order valence-corrected chi connectivity index (χ2v) is 2.39. The van der Waals surface area contributed by atoms with E-state index in [4.69, 9.17) is 11.5 Å². The molecule has 0 aliphatic rings. The highest BCUT2D eigenvalue weighted by molar-refractivity contribution is 5.11. The zero-order valence-electron chi connectivity index (χ0n) is 6.39. The van der Waals surface area contributed by atoms with Crippen LogP contribution in [-0.2, 0) is 0 Å². The predicted octanol–water partition coefficient (Wildman–Crippen LogP) is 1.03. The minimum Gasteiger partial charge on any atom is -0.380 e. The quantitative estimate of drug-likeness (QED) is 0.534. The fourth-order valence-electron chi connectivity index (χ4n) is 0.373. The van der Waals surface area contributed by atoms with Crippen molar-refractivity contribution in [2.45, 2.75) is 26.4 Å². The molecule has 0 radical (unpaired) electrons. The maximum absolute atomic E-state index is 9.11. The van der Waals surface area contributed by atoms with E-state index < -0.39 is 6.10 Å². The molecule has 1 unspecified atom stereocenters. The molecule has 0 bridgehead atoms. The van der Waals surface area contributed by atoms with Crippen LogP contribution >= 0.6 is 0 Å².